The van der Waals surface area contributed by atoms with Gasteiger partial charge in [-0.3, -0.25) is 4.79 Å². The molecule has 3 aliphatic heterocycles. The molecular formula is C39H50O19. The van der Waals surface area contributed by atoms with E-state index >= 15 is 0 Å². The molecule has 3 aliphatic rings. The summed E-state index contributed by atoms with van der Waals surface area (Å²) in [5.41, 5.74) is 0.0887. The first-order valence-corrected chi connectivity index (χ1v) is 18.6. The number of rotatable bonds is 11. The molecule has 320 valence electrons. The summed E-state index contributed by atoms with van der Waals surface area (Å²) in [7, 11) is 1.45. The number of hydrogen-bond acceptors (Lipinski definition) is 19. The van der Waals surface area contributed by atoms with E-state index < -0.39 is 121 Å². The fraction of sp³-hybridized carbons (Fsp3) is 0.564. The lowest BCUT2D eigenvalue weighted by Gasteiger charge is -2.45. The standard InChI is InChI=1S/C39H50O19/c1-14(2)6-11-19-21(54-38-31(49)29(47)26(44)22(13-40)55-38)12-20(41)23-27(45)36(33(56-34(19)23)17-7-9-18(51-5)10-8-17)58-39-32(50)35(25(43)16(4)53-39)57-37-30(48)28(46)24(42)15(3)52-37/h6-10,12,15-16,22,24-26,28-32,35,37-44,46-50H,11,13H2,1-5H3. The largest absolute Gasteiger partial charge is 0.507 e. The average molecular weight is 823 g/mol. The maximum atomic E-state index is 14.6. The van der Waals surface area contributed by atoms with Crippen LogP contribution in [-0.4, -0.2) is 157 Å². The Bertz CT molecular complexity index is 1980. The van der Waals surface area contributed by atoms with Crippen molar-refractivity contribution in [3.63, 3.8) is 0 Å². The van der Waals surface area contributed by atoms with Crippen LogP contribution in [0.1, 0.15) is 33.3 Å². The number of methoxy groups -OCH3 is 1. The van der Waals surface area contributed by atoms with E-state index in [2.05, 4.69) is 0 Å². The van der Waals surface area contributed by atoms with Gasteiger partial charge < -0.3 is 88.6 Å². The molecule has 15 unspecified atom stereocenters. The van der Waals surface area contributed by atoms with E-state index in [4.69, 9.17) is 37.6 Å². The monoisotopic (exact) mass is 822 g/mol. The molecule has 0 spiro atoms. The van der Waals surface area contributed by atoms with Crippen LogP contribution in [0.25, 0.3) is 22.3 Å². The maximum Gasteiger partial charge on any atom is 0.239 e. The van der Waals surface area contributed by atoms with Crippen molar-refractivity contribution in [3.05, 3.63) is 57.8 Å². The highest BCUT2D eigenvalue weighted by Gasteiger charge is 2.50. The Morgan fingerprint density at radius 3 is 2.00 bits per heavy atom. The molecule has 3 saturated heterocycles. The molecule has 10 N–H and O–H groups in total. The van der Waals surface area contributed by atoms with Gasteiger partial charge in [0.15, 0.2) is 12.1 Å². The predicted molar refractivity (Wildman–Crippen MR) is 198 cm³/mol. The molecule has 0 bridgehead atoms. The van der Waals surface area contributed by atoms with Gasteiger partial charge in [0.05, 0.1) is 25.9 Å². The van der Waals surface area contributed by atoms with Crippen LogP contribution >= 0.6 is 0 Å². The van der Waals surface area contributed by atoms with Gasteiger partial charge in [0.2, 0.25) is 23.8 Å². The number of ether oxygens (including phenoxy) is 7. The first-order chi connectivity index (χ1) is 27.5. The van der Waals surface area contributed by atoms with Gasteiger partial charge >= 0.3 is 0 Å². The highest BCUT2D eigenvalue weighted by atomic mass is 16.7. The van der Waals surface area contributed by atoms with Crippen LogP contribution in [-0.2, 0) is 25.4 Å². The Kier molecular flexibility index (Phi) is 13.3. The summed E-state index contributed by atoms with van der Waals surface area (Å²) in [6.07, 6.45) is -21.9. The van der Waals surface area contributed by atoms with Crippen LogP contribution in [0.2, 0.25) is 0 Å². The molecule has 4 heterocycles. The minimum atomic E-state index is -1.89. The molecule has 19 nitrogen and oxygen atoms in total. The number of aliphatic hydroxyl groups excluding tert-OH is 9. The summed E-state index contributed by atoms with van der Waals surface area (Å²) in [5.74, 6) is -1.19. The summed E-state index contributed by atoms with van der Waals surface area (Å²) in [4.78, 5) is 14.6. The molecular weight excluding hydrogens is 772 g/mol. The number of benzene rings is 2. The van der Waals surface area contributed by atoms with Crippen LogP contribution in [0, 0.1) is 0 Å². The smallest absolute Gasteiger partial charge is 0.239 e. The van der Waals surface area contributed by atoms with Gasteiger partial charge in [-0.05, 0) is 58.4 Å². The van der Waals surface area contributed by atoms with Crippen LogP contribution in [0.3, 0.4) is 0 Å². The highest BCUT2D eigenvalue weighted by molar-refractivity contribution is 5.91. The lowest BCUT2D eigenvalue weighted by Crippen LogP contribution is -2.63. The lowest BCUT2D eigenvalue weighted by atomic mass is 9.97. The number of phenolic OH excluding ortho intramolecular Hbond substituents is 1. The number of aliphatic hydroxyl groups is 9. The zero-order valence-corrected chi connectivity index (χ0v) is 32.2. The normalized spacial score (nSPS) is 35.4. The number of hydrogen-bond donors (Lipinski definition) is 10. The second kappa shape index (κ2) is 17.7. The first kappa shape index (κ1) is 43.6. The fourth-order valence-electron chi connectivity index (χ4n) is 6.95. The molecule has 58 heavy (non-hydrogen) atoms. The quantitative estimate of drug-likeness (QED) is 0.103. The van der Waals surface area contributed by atoms with Crippen LogP contribution in [0.15, 0.2) is 51.2 Å². The summed E-state index contributed by atoms with van der Waals surface area (Å²) in [6, 6.07) is 7.28. The van der Waals surface area contributed by atoms with E-state index in [0.717, 1.165) is 11.6 Å². The highest BCUT2D eigenvalue weighted by Crippen LogP contribution is 2.42. The number of aromatic hydroxyl groups is 1. The van der Waals surface area contributed by atoms with Crippen molar-refractivity contribution in [2.24, 2.45) is 0 Å². The van der Waals surface area contributed by atoms with Crippen molar-refractivity contribution in [3.8, 4) is 34.3 Å². The number of fused-ring (bicyclic) bond motifs is 1. The molecule has 19 heteroatoms. The van der Waals surface area contributed by atoms with Crippen molar-refractivity contribution < 1.29 is 88.6 Å². The van der Waals surface area contributed by atoms with E-state index in [9.17, 15) is 55.9 Å². The molecule has 2 aromatic carbocycles. The van der Waals surface area contributed by atoms with E-state index in [0.29, 0.717) is 5.75 Å². The molecule has 0 aliphatic carbocycles. The van der Waals surface area contributed by atoms with Gasteiger partial charge in [-0.1, -0.05) is 11.6 Å². The second-order valence-electron chi connectivity index (χ2n) is 14.8. The molecule has 1 aromatic heterocycles. The summed E-state index contributed by atoms with van der Waals surface area (Å²) in [5, 5.41) is 106. The van der Waals surface area contributed by atoms with Crippen molar-refractivity contribution in [1.82, 2.24) is 0 Å². The van der Waals surface area contributed by atoms with Crippen LogP contribution < -0.4 is 19.6 Å². The molecule has 0 radical (unpaired) electrons. The summed E-state index contributed by atoms with van der Waals surface area (Å²) >= 11 is 0. The van der Waals surface area contributed by atoms with Crippen molar-refractivity contribution in [2.75, 3.05) is 13.7 Å². The Morgan fingerprint density at radius 2 is 1.36 bits per heavy atom. The molecule has 3 aromatic rings. The lowest BCUT2D eigenvalue weighted by molar-refractivity contribution is -0.346. The SMILES string of the molecule is COc1ccc(-c2oc3c(CC=C(C)C)c(OC4OC(CO)C(O)C(O)C4O)cc(O)c3c(=O)c2OC2OC(C)C(O)C(OC3OC(C)C(O)C(O)C3O)C2O)cc1. The van der Waals surface area contributed by atoms with Gasteiger partial charge in [0, 0.05) is 17.2 Å². The minimum absolute atomic E-state index is 0.0232. The van der Waals surface area contributed by atoms with Crippen molar-refractivity contribution in [1.29, 1.82) is 0 Å². The van der Waals surface area contributed by atoms with E-state index in [1.165, 1.54) is 21.0 Å². The van der Waals surface area contributed by atoms with Crippen LogP contribution in [0.5, 0.6) is 23.0 Å². The van der Waals surface area contributed by atoms with Crippen molar-refractivity contribution >= 4 is 11.0 Å². The molecule has 0 amide bonds. The van der Waals surface area contributed by atoms with Gasteiger partial charge in [0.25, 0.3) is 0 Å². The third-order valence-electron chi connectivity index (χ3n) is 10.4. The zero-order valence-electron chi connectivity index (χ0n) is 32.2. The Balaban J connectivity index is 1.46. The Hall–Kier alpha value is -3.93. The zero-order chi connectivity index (χ0) is 42.3. The van der Waals surface area contributed by atoms with Gasteiger partial charge in [-0.15, -0.1) is 0 Å². The van der Waals surface area contributed by atoms with Crippen molar-refractivity contribution in [2.45, 2.75) is 126 Å². The van der Waals surface area contributed by atoms with E-state index in [1.54, 1.807) is 30.3 Å². The predicted octanol–water partition coefficient (Wildman–Crippen LogP) is -1.08. The van der Waals surface area contributed by atoms with Crippen LogP contribution in [0.4, 0.5) is 0 Å². The second-order valence-corrected chi connectivity index (χ2v) is 14.8. The van der Waals surface area contributed by atoms with E-state index in [1.807, 2.05) is 13.8 Å². The molecule has 6 rings (SSSR count). The number of allylic oxidation sites excluding steroid dienone is 2. The van der Waals surface area contributed by atoms with Gasteiger partial charge in [-0.2, -0.15) is 0 Å². The Morgan fingerprint density at radius 1 is 0.759 bits per heavy atom. The van der Waals surface area contributed by atoms with Gasteiger partial charge in [0.1, 0.15) is 89.3 Å². The summed E-state index contributed by atoms with van der Waals surface area (Å²) in [6.45, 7) is 5.74. The fourth-order valence-corrected chi connectivity index (χ4v) is 6.95. The average Bonchev–Trinajstić information content (AvgIpc) is 3.20. The number of phenols is 1. The van der Waals surface area contributed by atoms with E-state index in [-0.39, 0.29) is 34.6 Å². The molecule has 0 saturated carbocycles. The first-order valence-electron chi connectivity index (χ1n) is 18.6. The summed E-state index contributed by atoms with van der Waals surface area (Å²) < 4.78 is 46.5. The minimum Gasteiger partial charge on any atom is -0.507 e. The third-order valence-corrected chi connectivity index (χ3v) is 10.4. The topological polar surface area (TPSA) is 297 Å². The Labute approximate surface area is 331 Å². The van der Waals surface area contributed by atoms with Gasteiger partial charge in [-0.25, -0.2) is 0 Å². The third kappa shape index (κ3) is 8.41. The molecule has 15 atom stereocenters. The maximum absolute atomic E-state index is 14.6. The molecule has 3 fully saturated rings.